The molecule has 0 amide bonds. The maximum Gasteiger partial charge on any atom is 0.317 e. The number of rotatable bonds is 5. The molecule has 1 N–H and O–H groups in total. The summed E-state index contributed by atoms with van der Waals surface area (Å²) in [6.07, 6.45) is 6.52. The summed E-state index contributed by atoms with van der Waals surface area (Å²) in [7, 11) is -3.00. The van der Waals surface area contributed by atoms with Crippen molar-refractivity contribution in [3.8, 4) is 0 Å². The Balaban J connectivity index is 2.03. The standard InChI is InChI=1S/C12H21NO4S/c1-18(16,17)11-4-2-3-10(7-11)13(8-12(14)15)9-5-6-9/h9-11H,2-8H2,1H3,(H,14,15). The highest BCUT2D eigenvalue weighted by Gasteiger charge is 2.39. The lowest BCUT2D eigenvalue weighted by molar-refractivity contribution is -0.139. The normalized spacial score (nSPS) is 29.4. The van der Waals surface area contributed by atoms with Crippen LogP contribution in [0, 0.1) is 0 Å². The Morgan fingerprint density at radius 1 is 1.22 bits per heavy atom. The summed E-state index contributed by atoms with van der Waals surface area (Å²) in [6, 6.07) is 0.492. The number of carboxylic acids is 1. The summed E-state index contributed by atoms with van der Waals surface area (Å²) in [5.74, 6) is -0.816. The zero-order chi connectivity index (χ0) is 13.3. The number of carbonyl (C=O) groups is 1. The highest BCUT2D eigenvalue weighted by atomic mass is 32.2. The van der Waals surface area contributed by atoms with E-state index in [2.05, 4.69) is 0 Å². The minimum atomic E-state index is -3.00. The van der Waals surface area contributed by atoms with Gasteiger partial charge in [-0.3, -0.25) is 9.69 Å². The van der Waals surface area contributed by atoms with Gasteiger partial charge in [0, 0.05) is 18.3 Å². The van der Waals surface area contributed by atoms with Crippen molar-refractivity contribution in [1.29, 1.82) is 0 Å². The van der Waals surface area contributed by atoms with Gasteiger partial charge in [0.15, 0.2) is 0 Å². The zero-order valence-electron chi connectivity index (χ0n) is 10.7. The van der Waals surface area contributed by atoms with Gasteiger partial charge in [-0.1, -0.05) is 6.42 Å². The van der Waals surface area contributed by atoms with Crippen molar-refractivity contribution < 1.29 is 18.3 Å². The van der Waals surface area contributed by atoms with E-state index in [1.165, 1.54) is 6.26 Å². The Bertz CT molecular complexity index is 416. The molecule has 0 spiro atoms. The van der Waals surface area contributed by atoms with Crippen LogP contribution in [0.4, 0.5) is 0 Å². The van der Waals surface area contributed by atoms with E-state index in [0.29, 0.717) is 12.5 Å². The maximum atomic E-state index is 11.6. The summed E-state index contributed by atoms with van der Waals surface area (Å²) in [4.78, 5) is 12.9. The number of hydrogen-bond acceptors (Lipinski definition) is 4. The van der Waals surface area contributed by atoms with Crippen LogP contribution in [0.3, 0.4) is 0 Å². The minimum Gasteiger partial charge on any atom is -0.480 e. The van der Waals surface area contributed by atoms with E-state index in [1.54, 1.807) is 0 Å². The average Bonchev–Trinajstić information content (AvgIpc) is 3.08. The molecule has 104 valence electrons. The molecule has 2 saturated carbocycles. The summed E-state index contributed by atoms with van der Waals surface area (Å²) >= 11 is 0. The van der Waals surface area contributed by atoms with Crippen molar-refractivity contribution in [2.75, 3.05) is 12.8 Å². The number of sulfone groups is 1. The molecule has 0 saturated heterocycles. The molecule has 2 aliphatic rings. The van der Waals surface area contributed by atoms with E-state index in [1.807, 2.05) is 4.90 Å². The van der Waals surface area contributed by atoms with Crippen molar-refractivity contribution in [2.45, 2.75) is 55.9 Å². The average molecular weight is 275 g/mol. The monoisotopic (exact) mass is 275 g/mol. The van der Waals surface area contributed by atoms with Gasteiger partial charge in [0.1, 0.15) is 9.84 Å². The molecule has 2 atom stereocenters. The Morgan fingerprint density at radius 2 is 1.89 bits per heavy atom. The fraction of sp³-hybridized carbons (Fsp3) is 0.917. The quantitative estimate of drug-likeness (QED) is 0.806. The van der Waals surface area contributed by atoms with Crippen LogP contribution in [0.15, 0.2) is 0 Å². The summed E-state index contributed by atoms with van der Waals surface area (Å²) in [5.41, 5.74) is 0. The molecule has 0 aliphatic heterocycles. The van der Waals surface area contributed by atoms with Gasteiger partial charge in [-0.25, -0.2) is 8.42 Å². The summed E-state index contributed by atoms with van der Waals surface area (Å²) in [6.45, 7) is 0.0474. The van der Waals surface area contributed by atoms with Crippen LogP contribution in [0.2, 0.25) is 0 Å². The Kier molecular flexibility index (Phi) is 3.96. The van der Waals surface area contributed by atoms with Crippen LogP contribution in [-0.2, 0) is 14.6 Å². The van der Waals surface area contributed by atoms with E-state index in [0.717, 1.165) is 32.1 Å². The van der Waals surface area contributed by atoms with Gasteiger partial charge < -0.3 is 5.11 Å². The van der Waals surface area contributed by atoms with E-state index in [-0.39, 0.29) is 17.8 Å². The third kappa shape index (κ3) is 3.45. The van der Waals surface area contributed by atoms with E-state index in [4.69, 9.17) is 5.11 Å². The second-order valence-electron chi connectivity index (χ2n) is 5.57. The van der Waals surface area contributed by atoms with Crippen LogP contribution in [0.25, 0.3) is 0 Å². The van der Waals surface area contributed by atoms with E-state index in [9.17, 15) is 13.2 Å². The van der Waals surface area contributed by atoms with E-state index < -0.39 is 15.8 Å². The number of hydrogen-bond donors (Lipinski definition) is 1. The maximum absolute atomic E-state index is 11.6. The van der Waals surface area contributed by atoms with Gasteiger partial charge in [0.05, 0.1) is 11.8 Å². The molecule has 2 rings (SSSR count). The molecule has 18 heavy (non-hydrogen) atoms. The first-order chi connectivity index (χ1) is 8.38. The molecule has 0 aromatic carbocycles. The number of nitrogens with zero attached hydrogens (tertiary/aromatic N) is 1. The topological polar surface area (TPSA) is 74.7 Å². The first-order valence-electron chi connectivity index (χ1n) is 6.54. The molecule has 0 aromatic heterocycles. The van der Waals surface area contributed by atoms with Gasteiger partial charge in [0.2, 0.25) is 0 Å². The van der Waals surface area contributed by atoms with Crippen LogP contribution >= 0.6 is 0 Å². The smallest absolute Gasteiger partial charge is 0.317 e. The Labute approximate surface area is 108 Å². The van der Waals surface area contributed by atoms with Crippen LogP contribution in [0.5, 0.6) is 0 Å². The van der Waals surface area contributed by atoms with Gasteiger partial charge >= 0.3 is 5.97 Å². The molecule has 2 unspecified atom stereocenters. The lowest BCUT2D eigenvalue weighted by Gasteiger charge is -2.36. The molecule has 5 nitrogen and oxygen atoms in total. The lowest BCUT2D eigenvalue weighted by Crippen LogP contribution is -2.45. The molecule has 0 bridgehead atoms. The highest BCUT2D eigenvalue weighted by molar-refractivity contribution is 7.91. The van der Waals surface area contributed by atoms with E-state index >= 15 is 0 Å². The Hall–Kier alpha value is -0.620. The van der Waals surface area contributed by atoms with Crippen molar-refractivity contribution in [3.63, 3.8) is 0 Å². The molecule has 2 fully saturated rings. The molecule has 0 radical (unpaired) electrons. The predicted molar refractivity (Wildman–Crippen MR) is 68.3 cm³/mol. The number of aliphatic carboxylic acids is 1. The first kappa shape index (κ1) is 13.8. The third-order valence-corrected chi connectivity index (χ3v) is 5.65. The lowest BCUT2D eigenvalue weighted by atomic mass is 9.93. The van der Waals surface area contributed by atoms with Gasteiger partial charge in [-0.15, -0.1) is 0 Å². The van der Waals surface area contributed by atoms with Crippen molar-refractivity contribution in [2.24, 2.45) is 0 Å². The SMILES string of the molecule is CS(=O)(=O)C1CCCC(N(CC(=O)O)C2CC2)C1. The predicted octanol–water partition coefficient (Wildman–Crippen LogP) is 0.891. The Morgan fingerprint density at radius 3 is 2.39 bits per heavy atom. The first-order valence-corrected chi connectivity index (χ1v) is 8.50. The van der Waals surface area contributed by atoms with Crippen LogP contribution in [-0.4, -0.2) is 54.5 Å². The second kappa shape index (κ2) is 5.17. The van der Waals surface area contributed by atoms with Gasteiger partial charge in [-0.2, -0.15) is 0 Å². The minimum absolute atomic E-state index is 0.0474. The van der Waals surface area contributed by atoms with Gasteiger partial charge in [0.25, 0.3) is 0 Å². The third-order valence-electron chi connectivity index (χ3n) is 4.01. The summed E-state index contributed by atoms with van der Waals surface area (Å²) < 4.78 is 23.3. The van der Waals surface area contributed by atoms with Crippen LogP contribution < -0.4 is 0 Å². The van der Waals surface area contributed by atoms with Crippen LogP contribution in [0.1, 0.15) is 38.5 Å². The second-order valence-corrected chi connectivity index (χ2v) is 7.89. The van der Waals surface area contributed by atoms with Crippen molar-refractivity contribution in [1.82, 2.24) is 4.90 Å². The fourth-order valence-electron chi connectivity index (χ4n) is 2.93. The molecule has 0 aromatic rings. The molecule has 6 heteroatoms. The molecular weight excluding hydrogens is 254 g/mol. The number of carboxylic acid groups (broad SMARTS) is 1. The fourth-order valence-corrected chi connectivity index (χ4v) is 4.10. The van der Waals surface area contributed by atoms with Crippen molar-refractivity contribution >= 4 is 15.8 Å². The molecular formula is C12H21NO4S. The molecule has 0 heterocycles. The van der Waals surface area contributed by atoms with Crippen molar-refractivity contribution in [3.05, 3.63) is 0 Å². The zero-order valence-corrected chi connectivity index (χ0v) is 11.5. The van der Waals surface area contributed by atoms with Gasteiger partial charge in [-0.05, 0) is 32.1 Å². The highest BCUT2D eigenvalue weighted by Crippen LogP contribution is 2.34. The largest absolute Gasteiger partial charge is 0.480 e. The molecule has 2 aliphatic carbocycles. The summed E-state index contributed by atoms with van der Waals surface area (Å²) in [5, 5.41) is 8.67.